The molecule has 102 valence electrons. The fraction of sp³-hybridized carbons (Fsp3) is 0.0769. The van der Waals surface area contributed by atoms with Crippen molar-refractivity contribution < 1.29 is 4.74 Å². The Labute approximate surface area is 129 Å². The number of fused-ring (bicyclic) bond motifs is 1. The summed E-state index contributed by atoms with van der Waals surface area (Å²) in [6.07, 6.45) is 1.57. The molecule has 2 heterocycles. The topological polar surface area (TPSA) is 42.8 Å². The van der Waals surface area contributed by atoms with Gasteiger partial charge in [-0.2, -0.15) is 0 Å². The number of H-pyrrole nitrogens is 1. The number of aromatic nitrogens is 3. The van der Waals surface area contributed by atoms with Gasteiger partial charge >= 0.3 is 0 Å². The van der Waals surface area contributed by atoms with Crippen molar-refractivity contribution in [1.82, 2.24) is 14.5 Å². The zero-order chi connectivity index (χ0) is 14.3. The van der Waals surface area contributed by atoms with Crippen molar-refractivity contribution in [3.05, 3.63) is 45.3 Å². The normalized spacial score (nSPS) is 10.9. The zero-order valence-electron chi connectivity index (χ0n) is 10.4. The summed E-state index contributed by atoms with van der Waals surface area (Å²) in [6, 6.07) is 7.09. The van der Waals surface area contributed by atoms with E-state index in [-0.39, 0.29) is 0 Å². The first kappa shape index (κ1) is 13.4. The number of ether oxygens (including phenoxy) is 1. The lowest BCUT2D eigenvalue weighted by molar-refractivity contribution is 0.413. The van der Waals surface area contributed by atoms with Gasteiger partial charge in [0.15, 0.2) is 10.4 Å². The highest BCUT2D eigenvalue weighted by atomic mass is 35.5. The Morgan fingerprint density at radius 2 is 2.05 bits per heavy atom. The summed E-state index contributed by atoms with van der Waals surface area (Å²) in [5, 5.41) is 1.13. The minimum absolute atomic E-state index is 0.496. The third-order valence-electron chi connectivity index (χ3n) is 2.87. The van der Waals surface area contributed by atoms with Crippen LogP contribution in [0.5, 0.6) is 5.75 Å². The Hall–Kier alpha value is -1.56. The molecule has 0 bridgehead atoms. The monoisotopic (exact) mass is 325 g/mol. The maximum absolute atomic E-state index is 6.06. The van der Waals surface area contributed by atoms with Gasteiger partial charge in [-0.05, 0) is 36.5 Å². The molecule has 20 heavy (non-hydrogen) atoms. The quantitative estimate of drug-likeness (QED) is 0.710. The van der Waals surface area contributed by atoms with Crippen molar-refractivity contribution in [3.8, 4) is 11.4 Å². The molecule has 0 atom stereocenters. The van der Waals surface area contributed by atoms with Crippen LogP contribution in [0.1, 0.15) is 0 Å². The number of hydrogen-bond donors (Lipinski definition) is 1. The molecular formula is C13H9Cl2N3OS. The number of aromatic amines is 1. The Bertz CT molecular complexity index is 856. The molecule has 7 heteroatoms. The van der Waals surface area contributed by atoms with E-state index in [0.717, 1.165) is 11.2 Å². The van der Waals surface area contributed by atoms with Crippen LogP contribution in [0.25, 0.3) is 16.9 Å². The predicted octanol–water partition coefficient (Wildman–Crippen LogP) is 4.40. The van der Waals surface area contributed by atoms with E-state index < -0.39 is 0 Å². The number of nitrogens with zero attached hydrogens (tertiary/aromatic N) is 2. The first-order valence-corrected chi connectivity index (χ1v) is 6.87. The zero-order valence-corrected chi connectivity index (χ0v) is 12.7. The largest absolute Gasteiger partial charge is 0.495 e. The van der Waals surface area contributed by atoms with Gasteiger partial charge in [0.25, 0.3) is 0 Å². The van der Waals surface area contributed by atoms with Crippen LogP contribution in [-0.4, -0.2) is 21.6 Å². The van der Waals surface area contributed by atoms with Crippen molar-refractivity contribution in [1.29, 1.82) is 0 Å². The second-order valence-electron chi connectivity index (χ2n) is 4.11. The molecule has 0 aliphatic rings. The molecule has 3 aromatic rings. The maximum atomic E-state index is 6.06. The van der Waals surface area contributed by atoms with E-state index in [0.29, 0.717) is 26.2 Å². The second kappa shape index (κ2) is 5.09. The highest BCUT2D eigenvalue weighted by Gasteiger charge is 2.13. The highest BCUT2D eigenvalue weighted by molar-refractivity contribution is 7.71. The van der Waals surface area contributed by atoms with Crippen LogP contribution in [0.4, 0.5) is 0 Å². The molecule has 1 aromatic carbocycles. The molecule has 4 nitrogen and oxygen atoms in total. The molecule has 0 radical (unpaired) electrons. The van der Waals surface area contributed by atoms with Gasteiger partial charge in [0.05, 0.1) is 23.3 Å². The van der Waals surface area contributed by atoms with E-state index in [2.05, 4.69) is 9.97 Å². The van der Waals surface area contributed by atoms with Crippen LogP contribution in [0.3, 0.4) is 0 Å². The van der Waals surface area contributed by atoms with E-state index in [4.69, 9.17) is 40.2 Å². The molecule has 0 fully saturated rings. The lowest BCUT2D eigenvalue weighted by Gasteiger charge is -2.10. The van der Waals surface area contributed by atoms with E-state index in [1.807, 2.05) is 0 Å². The van der Waals surface area contributed by atoms with Crippen molar-refractivity contribution in [2.24, 2.45) is 0 Å². The van der Waals surface area contributed by atoms with Gasteiger partial charge in [0.1, 0.15) is 5.75 Å². The lowest BCUT2D eigenvalue weighted by Crippen LogP contribution is -1.99. The van der Waals surface area contributed by atoms with Gasteiger partial charge in [0.2, 0.25) is 0 Å². The number of nitrogens with one attached hydrogen (secondary N) is 1. The number of rotatable bonds is 2. The van der Waals surface area contributed by atoms with Gasteiger partial charge in [-0.1, -0.05) is 23.2 Å². The first-order chi connectivity index (χ1) is 9.60. The highest BCUT2D eigenvalue weighted by Crippen LogP contribution is 2.29. The minimum atomic E-state index is 0.496. The third kappa shape index (κ3) is 2.18. The number of halogens is 2. The third-order valence-corrected chi connectivity index (χ3v) is 3.60. The van der Waals surface area contributed by atoms with Crippen LogP contribution in [0, 0.1) is 4.77 Å². The number of imidazole rings is 1. The van der Waals surface area contributed by atoms with Gasteiger partial charge in [-0.25, -0.2) is 4.98 Å². The first-order valence-electron chi connectivity index (χ1n) is 5.70. The van der Waals surface area contributed by atoms with Crippen molar-refractivity contribution in [2.75, 3.05) is 7.11 Å². The average molecular weight is 326 g/mol. The van der Waals surface area contributed by atoms with Crippen LogP contribution < -0.4 is 4.74 Å². The Morgan fingerprint density at radius 3 is 2.80 bits per heavy atom. The Balaban J connectivity index is 2.37. The summed E-state index contributed by atoms with van der Waals surface area (Å²) in [4.78, 5) is 7.39. The van der Waals surface area contributed by atoms with Gasteiger partial charge in [0, 0.05) is 11.2 Å². The lowest BCUT2D eigenvalue weighted by atomic mass is 10.3. The van der Waals surface area contributed by atoms with Crippen molar-refractivity contribution >= 4 is 46.6 Å². The molecule has 1 N–H and O–H groups in total. The molecule has 3 rings (SSSR count). The number of pyridine rings is 1. The SMILES string of the molecule is COc1ccc(Cl)cc1-n1c(=S)[nH]c2cc(Cl)cnc21. The number of methoxy groups -OCH3 is 1. The summed E-state index contributed by atoms with van der Waals surface area (Å²) in [6.45, 7) is 0. The number of benzene rings is 1. The molecule has 0 spiro atoms. The summed E-state index contributed by atoms with van der Waals surface area (Å²) < 4.78 is 7.62. The molecule has 0 amide bonds. The maximum Gasteiger partial charge on any atom is 0.184 e. The predicted molar refractivity (Wildman–Crippen MR) is 82.8 cm³/mol. The summed E-state index contributed by atoms with van der Waals surface area (Å²) >= 11 is 17.4. The molecule has 0 unspecified atom stereocenters. The van der Waals surface area contributed by atoms with Crippen LogP contribution in [-0.2, 0) is 0 Å². The van der Waals surface area contributed by atoms with E-state index in [1.165, 1.54) is 0 Å². The Morgan fingerprint density at radius 1 is 1.25 bits per heavy atom. The summed E-state index contributed by atoms with van der Waals surface area (Å²) in [7, 11) is 1.59. The summed E-state index contributed by atoms with van der Waals surface area (Å²) in [5.74, 6) is 0.656. The van der Waals surface area contributed by atoms with Gasteiger partial charge in [-0.3, -0.25) is 4.57 Å². The molecule has 0 aliphatic heterocycles. The fourth-order valence-electron chi connectivity index (χ4n) is 2.03. The van der Waals surface area contributed by atoms with Crippen molar-refractivity contribution in [3.63, 3.8) is 0 Å². The van der Waals surface area contributed by atoms with Crippen LogP contribution >= 0.6 is 35.4 Å². The van der Waals surface area contributed by atoms with E-state index in [9.17, 15) is 0 Å². The Kier molecular flexibility index (Phi) is 3.41. The molecule has 0 aliphatic carbocycles. The smallest absolute Gasteiger partial charge is 0.184 e. The molecular weight excluding hydrogens is 317 g/mol. The van der Waals surface area contributed by atoms with Crippen LogP contribution in [0.15, 0.2) is 30.5 Å². The van der Waals surface area contributed by atoms with Gasteiger partial charge in [-0.15, -0.1) is 0 Å². The summed E-state index contributed by atoms with van der Waals surface area (Å²) in [5.41, 5.74) is 2.15. The molecule has 2 aromatic heterocycles. The van der Waals surface area contributed by atoms with Crippen LogP contribution in [0.2, 0.25) is 10.0 Å². The average Bonchev–Trinajstić information content (AvgIpc) is 2.73. The molecule has 0 saturated carbocycles. The second-order valence-corrected chi connectivity index (χ2v) is 5.37. The van der Waals surface area contributed by atoms with E-state index in [1.54, 1.807) is 42.1 Å². The number of hydrogen-bond acceptors (Lipinski definition) is 3. The van der Waals surface area contributed by atoms with Gasteiger partial charge < -0.3 is 9.72 Å². The molecule has 0 saturated heterocycles. The van der Waals surface area contributed by atoms with E-state index >= 15 is 0 Å². The minimum Gasteiger partial charge on any atom is -0.495 e. The van der Waals surface area contributed by atoms with Crippen molar-refractivity contribution in [2.45, 2.75) is 0 Å². The fourth-order valence-corrected chi connectivity index (χ4v) is 2.65. The standard InChI is InChI=1S/C13H9Cl2N3OS/c1-19-11-3-2-7(14)5-10(11)18-12-9(17-13(18)20)4-8(15)6-16-12/h2-6H,1H3,(H,17,20).